The van der Waals surface area contributed by atoms with Gasteiger partial charge in [-0.25, -0.2) is 19.3 Å². The molecule has 0 aliphatic carbocycles. The predicted octanol–water partition coefficient (Wildman–Crippen LogP) is 2.13. The van der Waals surface area contributed by atoms with Crippen LogP contribution < -0.4 is 10.1 Å². The normalized spacial score (nSPS) is 10.4. The summed E-state index contributed by atoms with van der Waals surface area (Å²) in [6.07, 6.45) is 4.74. The SMILES string of the molecule is Cc1nccn1-c1cc(NC(=O)COc2ccccc2F)ncn1. The summed E-state index contributed by atoms with van der Waals surface area (Å²) in [6, 6.07) is 7.49. The number of rotatable bonds is 5. The first-order valence-corrected chi connectivity index (χ1v) is 7.13. The number of benzene rings is 1. The summed E-state index contributed by atoms with van der Waals surface area (Å²) in [5, 5.41) is 2.58. The van der Waals surface area contributed by atoms with Crippen LogP contribution in [0.25, 0.3) is 5.82 Å². The van der Waals surface area contributed by atoms with Crippen molar-refractivity contribution >= 4 is 11.7 Å². The molecular weight excluding hydrogens is 313 g/mol. The second kappa shape index (κ2) is 6.86. The molecule has 0 fully saturated rings. The van der Waals surface area contributed by atoms with Gasteiger partial charge in [0, 0.05) is 18.5 Å². The monoisotopic (exact) mass is 327 g/mol. The fraction of sp³-hybridized carbons (Fsp3) is 0.125. The number of carbonyl (C=O) groups is 1. The number of hydrogen-bond donors (Lipinski definition) is 1. The Kier molecular flexibility index (Phi) is 4.46. The lowest BCUT2D eigenvalue weighted by Crippen LogP contribution is -2.21. The Morgan fingerprint density at radius 3 is 2.88 bits per heavy atom. The van der Waals surface area contributed by atoms with Crippen molar-refractivity contribution in [1.29, 1.82) is 0 Å². The molecule has 1 aromatic carbocycles. The van der Waals surface area contributed by atoms with Crippen molar-refractivity contribution in [2.24, 2.45) is 0 Å². The smallest absolute Gasteiger partial charge is 0.263 e. The van der Waals surface area contributed by atoms with E-state index in [2.05, 4.69) is 20.3 Å². The first-order valence-electron chi connectivity index (χ1n) is 7.13. The van der Waals surface area contributed by atoms with Crippen molar-refractivity contribution in [3.8, 4) is 11.6 Å². The van der Waals surface area contributed by atoms with Gasteiger partial charge < -0.3 is 10.1 Å². The van der Waals surface area contributed by atoms with Crippen molar-refractivity contribution in [2.45, 2.75) is 6.92 Å². The van der Waals surface area contributed by atoms with E-state index >= 15 is 0 Å². The molecule has 0 radical (unpaired) electrons. The van der Waals surface area contributed by atoms with E-state index in [1.165, 1.54) is 18.5 Å². The molecule has 2 aromatic heterocycles. The van der Waals surface area contributed by atoms with E-state index < -0.39 is 11.7 Å². The number of ether oxygens (including phenoxy) is 1. The van der Waals surface area contributed by atoms with Gasteiger partial charge in [-0.3, -0.25) is 9.36 Å². The van der Waals surface area contributed by atoms with Gasteiger partial charge in [0.15, 0.2) is 18.2 Å². The van der Waals surface area contributed by atoms with E-state index in [1.807, 2.05) is 6.92 Å². The molecule has 0 aliphatic heterocycles. The lowest BCUT2D eigenvalue weighted by molar-refractivity contribution is -0.118. The van der Waals surface area contributed by atoms with Gasteiger partial charge >= 0.3 is 0 Å². The maximum atomic E-state index is 13.4. The Morgan fingerprint density at radius 2 is 2.12 bits per heavy atom. The highest BCUT2D eigenvalue weighted by Crippen LogP contribution is 2.15. The molecule has 0 saturated carbocycles. The number of aromatic nitrogens is 4. The molecule has 0 saturated heterocycles. The number of aryl methyl sites for hydroxylation is 1. The van der Waals surface area contributed by atoms with Crippen LogP contribution in [0.2, 0.25) is 0 Å². The van der Waals surface area contributed by atoms with E-state index in [4.69, 9.17) is 4.74 Å². The van der Waals surface area contributed by atoms with Crippen molar-refractivity contribution in [3.63, 3.8) is 0 Å². The maximum Gasteiger partial charge on any atom is 0.263 e. The number of carbonyl (C=O) groups excluding carboxylic acids is 1. The highest BCUT2D eigenvalue weighted by molar-refractivity contribution is 5.91. The standard InChI is InChI=1S/C16H14FN5O2/c1-11-18-6-7-22(11)15-8-14(19-10-20-15)21-16(23)9-24-13-5-3-2-4-12(13)17/h2-8,10H,9H2,1H3,(H,19,20,21,23). The minimum atomic E-state index is -0.523. The van der Waals surface area contributed by atoms with Crippen LogP contribution in [-0.2, 0) is 4.79 Å². The lowest BCUT2D eigenvalue weighted by atomic mass is 10.3. The highest BCUT2D eigenvalue weighted by atomic mass is 19.1. The molecule has 0 unspecified atom stereocenters. The summed E-state index contributed by atoms with van der Waals surface area (Å²) in [4.78, 5) is 24.2. The molecule has 0 bridgehead atoms. The van der Waals surface area contributed by atoms with Gasteiger partial charge in [-0.05, 0) is 19.1 Å². The van der Waals surface area contributed by atoms with Crippen LogP contribution in [0.15, 0.2) is 49.1 Å². The topological polar surface area (TPSA) is 81.9 Å². The maximum absolute atomic E-state index is 13.4. The minimum absolute atomic E-state index is 0.0186. The Hall–Kier alpha value is -3.29. The van der Waals surface area contributed by atoms with Crippen LogP contribution >= 0.6 is 0 Å². The number of hydrogen-bond acceptors (Lipinski definition) is 5. The molecule has 7 nitrogen and oxygen atoms in total. The largest absolute Gasteiger partial charge is 0.481 e. The Labute approximate surface area is 137 Å². The van der Waals surface area contributed by atoms with Crippen LogP contribution in [0.3, 0.4) is 0 Å². The number of anilines is 1. The molecule has 2 heterocycles. The molecule has 24 heavy (non-hydrogen) atoms. The van der Waals surface area contributed by atoms with Crippen LogP contribution in [0, 0.1) is 12.7 Å². The summed E-state index contributed by atoms with van der Waals surface area (Å²) in [5.74, 6) is 0.690. The predicted molar refractivity (Wildman–Crippen MR) is 84.4 cm³/mol. The average molecular weight is 327 g/mol. The molecule has 8 heteroatoms. The quantitative estimate of drug-likeness (QED) is 0.776. The summed E-state index contributed by atoms with van der Waals surface area (Å²) in [7, 11) is 0. The van der Waals surface area contributed by atoms with E-state index in [-0.39, 0.29) is 12.4 Å². The number of imidazole rings is 1. The fourth-order valence-corrected chi connectivity index (χ4v) is 2.05. The van der Waals surface area contributed by atoms with Crippen molar-refractivity contribution < 1.29 is 13.9 Å². The van der Waals surface area contributed by atoms with Gasteiger partial charge in [-0.1, -0.05) is 12.1 Å². The molecule has 0 aliphatic rings. The van der Waals surface area contributed by atoms with Gasteiger partial charge in [0.05, 0.1) is 0 Å². The summed E-state index contributed by atoms with van der Waals surface area (Å²) in [5.41, 5.74) is 0. The second-order valence-electron chi connectivity index (χ2n) is 4.87. The number of halogens is 1. The molecular formula is C16H14FN5O2. The number of para-hydroxylation sites is 1. The average Bonchev–Trinajstić information content (AvgIpc) is 3.00. The van der Waals surface area contributed by atoms with Gasteiger partial charge in [0.1, 0.15) is 23.8 Å². The molecule has 1 amide bonds. The van der Waals surface area contributed by atoms with Crippen LogP contribution in [-0.4, -0.2) is 32.0 Å². The van der Waals surface area contributed by atoms with Crippen molar-refractivity contribution in [2.75, 3.05) is 11.9 Å². The molecule has 0 spiro atoms. The van der Waals surface area contributed by atoms with Crippen molar-refractivity contribution in [1.82, 2.24) is 19.5 Å². The number of amides is 1. The molecule has 0 atom stereocenters. The third-order valence-electron chi connectivity index (χ3n) is 3.19. The molecule has 3 aromatic rings. The van der Waals surface area contributed by atoms with Gasteiger partial charge in [-0.15, -0.1) is 0 Å². The second-order valence-corrected chi connectivity index (χ2v) is 4.87. The third kappa shape index (κ3) is 3.54. The summed E-state index contributed by atoms with van der Waals surface area (Å²) < 4.78 is 20.3. The fourth-order valence-electron chi connectivity index (χ4n) is 2.05. The van der Waals surface area contributed by atoms with E-state index in [0.717, 1.165) is 5.82 Å². The Balaban J connectivity index is 1.65. The third-order valence-corrected chi connectivity index (χ3v) is 3.19. The van der Waals surface area contributed by atoms with E-state index in [0.29, 0.717) is 11.6 Å². The van der Waals surface area contributed by atoms with Crippen LogP contribution in [0.1, 0.15) is 5.82 Å². The van der Waals surface area contributed by atoms with E-state index in [1.54, 1.807) is 35.2 Å². The molecule has 3 rings (SSSR count). The minimum Gasteiger partial charge on any atom is -0.481 e. The van der Waals surface area contributed by atoms with Gasteiger partial charge in [-0.2, -0.15) is 0 Å². The highest BCUT2D eigenvalue weighted by Gasteiger charge is 2.09. The molecule has 122 valence electrons. The van der Waals surface area contributed by atoms with Gasteiger partial charge in [0.25, 0.3) is 5.91 Å². The Morgan fingerprint density at radius 1 is 1.29 bits per heavy atom. The number of nitrogens with zero attached hydrogens (tertiary/aromatic N) is 4. The lowest BCUT2D eigenvalue weighted by Gasteiger charge is -2.09. The van der Waals surface area contributed by atoms with Crippen molar-refractivity contribution in [3.05, 3.63) is 60.7 Å². The van der Waals surface area contributed by atoms with Crippen LogP contribution in [0.5, 0.6) is 5.75 Å². The Bertz CT molecular complexity index is 865. The summed E-state index contributed by atoms with van der Waals surface area (Å²) in [6.45, 7) is 1.51. The zero-order valence-electron chi connectivity index (χ0n) is 12.8. The first kappa shape index (κ1) is 15.6. The zero-order valence-corrected chi connectivity index (χ0v) is 12.8. The summed E-state index contributed by atoms with van der Waals surface area (Å²) >= 11 is 0. The van der Waals surface area contributed by atoms with Gasteiger partial charge in [0.2, 0.25) is 0 Å². The first-order chi connectivity index (χ1) is 11.6. The molecule has 1 N–H and O–H groups in total. The van der Waals surface area contributed by atoms with E-state index in [9.17, 15) is 9.18 Å². The van der Waals surface area contributed by atoms with Crippen LogP contribution in [0.4, 0.5) is 10.2 Å². The number of nitrogens with one attached hydrogen (secondary N) is 1. The zero-order chi connectivity index (χ0) is 16.9.